The minimum absolute atomic E-state index is 0.263. The number of fused-ring (bicyclic) bond motifs is 1. The minimum Gasteiger partial charge on any atom is -0.322 e. The van der Waals surface area contributed by atoms with Gasteiger partial charge in [0.2, 0.25) is 0 Å². The van der Waals surface area contributed by atoms with Crippen LogP contribution in [0.15, 0.2) is 48.5 Å². The molecule has 0 amide bonds. The topological polar surface area (TPSA) is 26.0 Å². The van der Waals surface area contributed by atoms with Gasteiger partial charge in [-0.3, -0.25) is 0 Å². The molecular formula is C15H17N. The molecule has 1 nitrogen and oxygen atoms in total. The molecular weight excluding hydrogens is 194 g/mol. The predicted molar refractivity (Wildman–Crippen MR) is 70.4 cm³/mol. The van der Waals surface area contributed by atoms with E-state index in [0.717, 1.165) is 0 Å². The molecule has 0 atom stereocenters. The van der Waals surface area contributed by atoms with Crippen LogP contribution in [0, 0.1) is 0 Å². The van der Waals surface area contributed by atoms with E-state index >= 15 is 0 Å². The molecule has 16 heavy (non-hydrogen) atoms. The van der Waals surface area contributed by atoms with Crippen LogP contribution in [0.3, 0.4) is 0 Å². The Morgan fingerprint density at radius 2 is 1.75 bits per heavy atom. The van der Waals surface area contributed by atoms with Crippen molar-refractivity contribution in [3.05, 3.63) is 54.1 Å². The lowest BCUT2D eigenvalue weighted by atomic mass is 10.0. The Balaban J connectivity index is 2.39. The molecule has 0 radical (unpaired) electrons. The first-order valence-electron chi connectivity index (χ1n) is 5.52. The summed E-state index contributed by atoms with van der Waals surface area (Å²) < 4.78 is 0. The summed E-state index contributed by atoms with van der Waals surface area (Å²) in [7, 11) is 0. The summed E-state index contributed by atoms with van der Waals surface area (Å²) in [6.07, 6.45) is 4.14. The van der Waals surface area contributed by atoms with Crippen LogP contribution in [0.4, 0.5) is 0 Å². The first-order chi connectivity index (χ1) is 7.56. The summed E-state index contributed by atoms with van der Waals surface area (Å²) in [5.74, 6) is 0. The highest BCUT2D eigenvalue weighted by Gasteiger charge is 2.07. The van der Waals surface area contributed by atoms with Gasteiger partial charge >= 0.3 is 0 Å². The average Bonchev–Trinajstić information content (AvgIpc) is 2.43. The molecule has 0 unspecified atom stereocenters. The minimum atomic E-state index is -0.263. The average molecular weight is 211 g/mol. The van der Waals surface area contributed by atoms with Crippen molar-refractivity contribution in [3.8, 4) is 11.1 Å². The van der Waals surface area contributed by atoms with Gasteiger partial charge in [-0.2, -0.15) is 0 Å². The van der Waals surface area contributed by atoms with Gasteiger partial charge in [0, 0.05) is 5.54 Å². The first-order valence-corrected chi connectivity index (χ1v) is 5.52. The molecule has 0 heterocycles. The van der Waals surface area contributed by atoms with Gasteiger partial charge in [-0.1, -0.05) is 54.6 Å². The van der Waals surface area contributed by atoms with Crippen LogP contribution in [-0.4, -0.2) is 5.54 Å². The maximum atomic E-state index is 5.93. The molecule has 0 spiro atoms. The Labute approximate surface area is 96.9 Å². The summed E-state index contributed by atoms with van der Waals surface area (Å²) in [6.45, 7) is 3.99. The van der Waals surface area contributed by atoms with Gasteiger partial charge in [0.1, 0.15) is 0 Å². The molecule has 0 fully saturated rings. The molecule has 0 aromatic carbocycles. The quantitative estimate of drug-likeness (QED) is 0.807. The molecule has 82 valence electrons. The summed E-state index contributed by atoms with van der Waals surface area (Å²) in [4.78, 5) is 0. The lowest BCUT2D eigenvalue weighted by Crippen LogP contribution is -2.28. The van der Waals surface area contributed by atoms with E-state index in [1.807, 2.05) is 26.0 Å². The van der Waals surface area contributed by atoms with Crippen molar-refractivity contribution in [2.24, 2.45) is 5.73 Å². The van der Waals surface area contributed by atoms with Crippen LogP contribution < -0.4 is 5.73 Å². The van der Waals surface area contributed by atoms with Gasteiger partial charge in [-0.05, 0) is 30.5 Å². The van der Waals surface area contributed by atoms with Gasteiger partial charge < -0.3 is 5.73 Å². The number of hydrogen-bond donors (Lipinski definition) is 1. The van der Waals surface area contributed by atoms with Crippen molar-refractivity contribution in [3.63, 3.8) is 0 Å². The zero-order valence-electron chi connectivity index (χ0n) is 9.77. The number of nitrogens with two attached hydrogens (primary N) is 1. The van der Waals surface area contributed by atoms with Crippen molar-refractivity contribution in [2.75, 3.05) is 0 Å². The fraction of sp³-hybridized carbons (Fsp3) is 0.200. The normalized spacial score (nSPS) is 12.4. The van der Waals surface area contributed by atoms with Crippen LogP contribution >= 0.6 is 0 Å². The Hall–Kier alpha value is -1.60. The predicted octanol–water partition coefficient (Wildman–Crippen LogP) is 3.54. The van der Waals surface area contributed by atoms with Gasteiger partial charge in [0.05, 0.1) is 0 Å². The third kappa shape index (κ3) is 2.50. The fourth-order valence-corrected chi connectivity index (χ4v) is 1.69. The van der Waals surface area contributed by atoms with E-state index in [9.17, 15) is 0 Å². The maximum absolute atomic E-state index is 5.93. The van der Waals surface area contributed by atoms with E-state index in [0.29, 0.717) is 0 Å². The van der Waals surface area contributed by atoms with Crippen molar-refractivity contribution in [2.45, 2.75) is 19.4 Å². The van der Waals surface area contributed by atoms with E-state index in [1.54, 1.807) is 0 Å². The van der Waals surface area contributed by atoms with Crippen LogP contribution in [-0.2, 0) is 0 Å². The molecule has 0 bridgehead atoms. The molecule has 0 aromatic heterocycles. The zero-order chi connectivity index (χ0) is 11.6. The van der Waals surface area contributed by atoms with Crippen molar-refractivity contribution < 1.29 is 0 Å². The van der Waals surface area contributed by atoms with Gasteiger partial charge in [0.15, 0.2) is 0 Å². The van der Waals surface area contributed by atoms with E-state index in [2.05, 4.69) is 42.5 Å². The van der Waals surface area contributed by atoms with Gasteiger partial charge in [-0.15, -0.1) is 0 Å². The van der Waals surface area contributed by atoms with Crippen LogP contribution in [0.1, 0.15) is 19.4 Å². The molecule has 1 heteroatoms. The lowest BCUT2D eigenvalue weighted by molar-refractivity contribution is 0.657. The van der Waals surface area contributed by atoms with Crippen molar-refractivity contribution in [1.29, 1.82) is 0 Å². The Morgan fingerprint density at radius 3 is 2.50 bits per heavy atom. The molecule has 2 aliphatic carbocycles. The van der Waals surface area contributed by atoms with E-state index in [-0.39, 0.29) is 5.54 Å². The van der Waals surface area contributed by atoms with Crippen LogP contribution in [0.5, 0.6) is 0 Å². The molecule has 0 saturated carbocycles. The summed E-state index contributed by atoms with van der Waals surface area (Å²) in [5, 5.41) is 0. The van der Waals surface area contributed by atoms with E-state index in [1.165, 1.54) is 16.7 Å². The molecule has 2 aliphatic rings. The van der Waals surface area contributed by atoms with Gasteiger partial charge in [0.25, 0.3) is 0 Å². The van der Waals surface area contributed by atoms with Crippen molar-refractivity contribution in [1.82, 2.24) is 0 Å². The molecule has 0 aromatic rings. The second-order valence-corrected chi connectivity index (χ2v) is 4.72. The SMILES string of the molecule is CC(C)(N)/C=C/c1ccc2cccccc1-2. The summed E-state index contributed by atoms with van der Waals surface area (Å²) >= 11 is 0. The van der Waals surface area contributed by atoms with Crippen molar-refractivity contribution >= 4 is 6.08 Å². The monoisotopic (exact) mass is 211 g/mol. The molecule has 0 saturated heterocycles. The first kappa shape index (κ1) is 10.9. The van der Waals surface area contributed by atoms with E-state index < -0.39 is 0 Å². The fourth-order valence-electron chi connectivity index (χ4n) is 1.69. The molecule has 0 aliphatic heterocycles. The Bertz CT molecular complexity index is 477. The Kier molecular flexibility index (Phi) is 2.80. The summed E-state index contributed by atoms with van der Waals surface area (Å²) in [6, 6.07) is 14.7. The Morgan fingerprint density at radius 1 is 1.00 bits per heavy atom. The van der Waals surface area contributed by atoms with Crippen LogP contribution in [0.25, 0.3) is 17.2 Å². The standard InChI is InChI=1S/C15H17N/c1-15(2,16)11-10-13-9-8-12-6-4-3-5-7-14(12)13/h3-11H,16H2,1-2H3/b11-10+. The summed E-state index contributed by atoms with van der Waals surface area (Å²) in [5.41, 5.74) is 9.43. The second-order valence-electron chi connectivity index (χ2n) is 4.72. The second kappa shape index (κ2) is 4.11. The number of rotatable bonds is 2. The zero-order valence-corrected chi connectivity index (χ0v) is 9.77. The largest absolute Gasteiger partial charge is 0.322 e. The third-order valence-corrected chi connectivity index (χ3v) is 2.52. The lowest BCUT2D eigenvalue weighted by Gasteiger charge is -2.11. The number of hydrogen-bond acceptors (Lipinski definition) is 1. The third-order valence-electron chi connectivity index (χ3n) is 2.52. The molecule has 2 N–H and O–H groups in total. The highest BCUT2D eigenvalue weighted by Crippen LogP contribution is 2.28. The smallest absolute Gasteiger partial charge is 0.0284 e. The van der Waals surface area contributed by atoms with E-state index in [4.69, 9.17) is 5.73 Å². The van der Waals surface area contributed by atoms with Crippen LogP contribution in [0.2, 0.25) is 0 Å². The van der Waals surface area contributed by atoms with Gasteiger partial charge in [-0.25, -0.2) is 0 Å². The maximum Gasteiger partial charge on any atom is 0.0284 e. The molecule has 2 rings (SSSR count). The highest BCUT2D eigenvalue weighted by molar-refractivity contribution is 5.78. The highest BCUT2D eigenvalue weighted by atomic mass is 14.7.